The molecule has 1 aromatic heterocycles. The third kappa shape index (κ3) is 2.87. The smallest absolute Gasteiger partial charge is 0.0523 e. The van der Waals surface area contributed by atoms with Crippen molar-refractivity contribution in [3.8, 4) is 0 Å². The zero-order valence-corrected chi connectivity index (χ0v) is 13.0. The number of nitrogens with zero attached hydrogens (tertiary/aromatic N) is 1. The lowest BCUT2D eigenvalue weighted by Crippen LogP contribution is -2.22. The molecule has 0 amide bonds. The molecule has 1 aromatic carbocycles. The molecule has 0 saturated carbocycles. The molecule has 0 saturated heterocycles. The molecule has 1 heterocycles. The van der Waals surface area contributed by atoms with Crippen LogP contribution in [-0.2, 0) is 6.54 Å². The Morgan fingerprint density at radius 2 is 2.17 bits per heavy atom. The molecule has 0 aliphatic heterocycles. The number of hydrogen-bond acceptors (Lipinski definition) is 3. The van der Waals surface area contributed by atoms with Gasteiger partial charge < -0.3 is 10.6 Å². The number of halogens is 1. The lowest BCUT2D eigenvalue weighted by Gasteiger charge is -2.24. The number of rotatable bonds is 4. The number of benzene rings is 1. The first-order valence-corrected chi connectivity index (χ1v) is 7.62. The Labute approximate surface area is 121 Å². The second-order valence-electron chi connectivity index (χ2n) is 4.25. The van der Waals surface area contributed by atoms with Gasteiger partial charge in [-0.25, -0.2) is 0 Å². The molecule has 0 spiro atoms. The minimum atomic E-state index is 0.831. The van der Waals surface area contributed by atoms with Crippen LogP contribution in [-0.4, -0.2) is 6.54 Å². The largest absolute Gasteiger partial charge is 0.398 e. The van der Waals surface area contributed by atoms with Crippen LogP contribution in [0.1, 0.15) is 17.4 Å². The van der Waals surface area contributed by atoms with Crippen molar-refractivity contribution in [2.24, 2.45) is 0 Å². The number of aryl methyl sites for hydroxylation is 1. The van der Waals surface area contributed by atoms with Gasteiger partial charge in [0.15, 0.2) is 0 Å². The van der Waals surface area contributed by atoms with Gasteiger partial charge in [-0.1, -0.05) is 6.07 Å². The van der Waals surface area contributed by atoms with E-state index in [0.717, 1.165) is 28.8 Å². The molecule has 0 aliphatic carbocycles. The van der Waals surface area contributed by atoms with E-state index in [1.807, 2.05) is 13.0 Å². The summed E-state index contributed by atoms with van der Waals surface area (Å²) in [6.45, 7) is 6.13. The lowest BCUT2D eigenvalue weighted by molar-refractivity contribution is 0.839. The van der Waals surface area contributed by atoms with Gasteiger partial charge in [-0.3, -0.25) is 0 Å². The minimum Gasteiger partial charge on any atom is -0.398 e. The zero-order chi connectivity index (χ0) is 13.1. The molecule has 0 fully saturated rings. The van der Waals surface area contributed by atoms with Crippen LogP contribution < -0.4 is 10.6 Å². The fourth-order valence-electron chi connectivity index (χ4n) is 1.88. The standard InChI is InChI=1S/C14H17BrN2S/c1-3-17(9-11-5-4-6-18-11)14-7-10(2)13(16)8-12(14)15/h4-8H,3,9,16H2,1-2H3. The summed E-state index contributed by atoms with van der Waals surface area (Å²) in [5.74, 6) is 0. The highest BCUT2D eigenvalue weighted by molar-refractivity contribution is 9.10. The van der Waals surface area contributed by atoms with Crippen LogP contribution in [0, 0.1) is 6.92 Å². The van der Waals surface area contributed by atoms with Crippen molar-refractivity contribution in [2.75, 3.05) is 17.2 Å². The summed E-state index contributed by atoms with van der Waals surface area (Å²) in [6.07, 6.45) is 0. The summed E-state index contributed by atoms with van der Waals surface area (Å²) in [4.78, 5) is 3.72. The van der Waals surface area contributed by atoms with Crippen molar-refractivity contribution in [3.05, 3.63) is 44.6 Å². The molecule has 96 valence electrons. The number of nitrogens with two attached hydrogens (primary N) is 1. The molecule has 0 atom stereocenters. The Morgan fingerprint density at radius 1 is 1.39 bits per heavy atom. The monoisotopic (exact) mass is 324 g/mol. The van der Waals surface area contributed by atoms with Crippen LogP contribution in [0.3, 0.4) is 0 Å². The molecule has 2 rings (SSSR count). The van der Waals surface area contributed by atoms with Crippen LogP contribution in [0.2, 0.25) is 0 Å². The van der Waals surface area contributed by atoms with Gasteiger partial charge in [0.1, 0.15) is 0 Å². The summed E-state index contributed by atoms with van der Waals surface area (Å²) in [7, 11) is 0. The van der Waals surface area contributed by atoms with Gasteiger partial charge in [0.05, 0.1) is 12.2 Å². The van der Waals surface area contributed by atoms with E-state index in [1.165, 1.54) is 10.6 Å². The first kappa shape index (κ1) is 13.4. The Kier molecular flexibility index (Phi) is 4.30. The average Bonchev–Trinajstić information content (AvgIpc) is 2.84. The van der Waals surface area contributed by atoms with Crippen LogP contribution >= 0.6 is 27.3 Å². The van der Waals surface area contributed by atoms with Crippen molar-refractivity contribution in [3.63, 3.8) is 0 Å². The molecular weight excluding hydrogens is 308 g/mol. The first-order valence-electron chi connectivity index (χ1n) is 5.94. The van der Waals surface area contributed by atoms with Crippen molar-refractivity contribution in [2.45, 2.75) is 20.4 Å². The summed E-state index contributed by atoms with van der Waals surface area (Å²) < 4.78 is 1.06. The second-order valence-corrected chi connectivity index (χ2v) is 6.14. The van der Waals surface area contributed by atoms with E-state index in [0.29, 0.717) is 0 Å². The zero-order valence-electron chi connectivity index (χ0n) is 10.6. The number of hydrogen-bond donors (Lipinski definition) is 1. The highest BCUT2D eigenvalue weighted by Gasteiger charge is 2.11. The summed E-state index contributed by atoms with van der Waals surface area (Å²) in [6, 6.07) is 8.40. The maximum atomic E-state index is 5.92. The molecule has 2 N–H and O–H groups in total. The fourth-order valence-corrected chi connectivity index (χ4v) is 3.21. The van der Waals surface area contributed by atoms with E-state index in [4.69, 9.17) is 5.73 Å². The molecule has 0 unspecified atom stereocenters. The van der Waals surface area contributed by atoms with Gasteiger partial charge in [0, 0.05) is 21.6 Å². The maximum absolute atomic E-state index is 5.92. The van der Waals surface area contributed by atoms with Gasteiger partial charge in [-0.15, -0.1) is 11.3 Å². The Hall–Kier alpha value is -1.00. The van der Waals surface area contributed by atoms with Crippen molar-refractivity contribution in [1.82, 2.24) is 0 Å². The van der Waals surface area contributed by atoms with Crippen LogP contribution in [0.25, 0.3) is 0 Å². The maximum Gasteiger partial charge on any atom is 0.0523 e. The predicted molar refractivity (Wildman–Crippen MR) is 84.3 cm³/mol. The van der Waals surface area contributed by atoms with E-state index in [1.54, 1.807) is 11.3 Å². The van der Waals surface area contributed by atoms with Gasteiger partial charge in [0.25, 0.3) is 0 Å². The lowest BCUT2D eigenvalue weighted by atomic mass is 10.1. The third-order valence-electron chi connectivity index (χ3n) is 2.98. The van der Waals surface area contributed by atoms with Crippen molar-refractivity contribution < 1.29 is 0 Å². The van der Waals surface area contributed by atoms with E-state index in [9.17, 15) is 0 Å². The Balaban J connectivity index is 2.30. The second kappa shape index (κ2) is 5.76. The summed E-state index contributed by atoms with van der Waals surface area (Å²) in [5.41, 5.74) is 9.08. The topological polar surface area (TPSA) is 29.3 Å². The number of nitrogen functional groups attached to an aromatic ring is 1. The molecular formula is C14H17BrN2S. The predicted octanol–water partition coefficient (Wildman–Crippen LogP) is 4.43. The van der Waals surface area contributed by atoms with E-state index < -0.39 is 0 Å². The van der Waals surface area contributed by atoms with Gasteiger partial charge in [0.2, 0.25) is 0 Å². The van der Waals surface area contributed by atoms with E-state index in [2.05, 4.69) is 51.3 Å². The normalized spacial score (nSPS) is 10.6. The molecule has 0 radical (unpaired) electrons. The SMILES string of the molecule is CCN(Cc1cccs1)c1cc(C)c(N)cc1Br. The Bertz CT molecular complexity index is 523. The van der Waals surface area contributed by atoms with Crippen LogP contribution in [0.4, 0.5) is 11.4 Å². The van der Waals surface area contributed by atoms with E-state index >= 15 is 0 Å². The van der Waals surface area contributed by atoms with Gasteiger partial charge in [-0.05, 0) is 58.9 Å². The molecule has 0 bridgehead atoms. The minimum absolute atomic E-state index is 0.831. The molecule has 0 aliphatic rings. The highest BCUT2D eigenvalue weighted by atomic mass is 79.9. The molecule has 18 heavy (non-hydrogen) atoms. The number of anilines is 2. The number of thiophene rings is 1. The quantitative estimate of drug-likeness (QED) is 0.843. The van der Waals surface area contributed by atoms with Gasteiger partial charge in [-0.2, -0.15) is 0 Å². The Morgan fingerprint density at radius 3 is 2.78 bits per heavy atom. The summed E-state index contributed by atoms with van der Waals surface area (Å²) in [5, 5.41) is 2.12. The molecule has 4 heteroatoms. The summed E-state index contributed by atoms with van der Waals surface area (Å²) >= 11 is 5.40. The molecule has 2 aromatic rings. The first-order chi connectivity index (χ1) is 8.61. The third-order valence-corrected chi connectivity index (χ3v) is 4.48. The van der Waals surface area contributed by atoms with Crippen molar-refractivity contribution in [1.29, 1.82) is 0 Å². The molecule has 2 nitrogen and oxygen atoms in total. The van der Waals surface area contributed by atoms with Crippen LogP contribution in [0.15, 0.2) is 34.1 Å². The van der Waals surface area contributed by atoms with Crippen molar-refractivity contribution >= 4 is 38.6 Å². The fraction of sp³-hybridized carbons (Fsp3) is 0.286. The average molecular weight is 325 g/mol. The highest BCUT2D eigenvalue weighted by Crippen LogP contribution is 2.32. The van der Waals surface area contributed by atoms with Gasteiger partial charge >= 0.3 is 0 Å². The van der Waals surface area contributed by atoms with E-state index in [-0.39, 0.29) is 0 Å². The van der Waals surface area contributed by atoms with Crippen LogP contribution in [0.5, 0.6) is 0 Å².